The van der Waals surface area contributed by atoms with E-state index < -0.39 is 6.04 Å². The number of benzene rings is 2. The van der Waals surface area contributed by atoms with Gasteiger partial charge in [-0.3, -0.25) is 9.36 Å². The standard InChI is InChI=1S/C18H18ClN3O2/c1-10-14(8-5-9-15(10)24-3)22-17(11(2)20)21-13-7-4-6-12(19)16(13)18(22)23/h4-9,11H,20H2,1-3H3/t11-/m0/s1. The molecule has 3 rings (SSSR count). The molecule has 0 saturated heterocycles. The third-order valence-electron chi connectivity index (χ3n) is 4.00. The fourth-order valence-electron chi connectivity index (χ4n) is 2.81. The largest absolute Gasteiger partial charge is 0.496 e. The van der Waals surface area contributed by atoms with Gasteiger partial charge in [0.15, 0.2) is 0 Å². The van der Waals surface area contributed by atoms with Crippen LogP contribution in [0.2, 0.25) is 5.02 Å². The van der Waals surface area contributed by atoms with Gasteiger partial charge in [-0.05, 0) is 38.1 Å². The Bertz CT molecular complexity index is 980. The van der Waals surface area contributed by atoms with Crippen LogP contribution in [-0.2, 0) is 0 Å². The van der Waals surface area contributed by atoms with Crippen LogP contribution in [0.15, 0.2) is 41.2 Å². The number of nitrogens with zero attached hydrogens (tertiary/aromatic N) is 2. The average Bonchev–Trinajstić information content (AvgIpc) is 2.55. The fourth-order valence-corrected chi connectivity index (χ4v) is 3.06. The minimum atomic E-state index is -0.424. The second-order valence-electron chi connectivity index (χ2n) is 5.64. The van der Waals surface area contributed by atoms with E-state index in [1.54, 1.807) is 32.2 Å². The molecule has 5 nitrogen and oxygen atoms in total. The number of aromatic nitrogens is 2. The molecule has 2 aromatic carbocycles. The lowest BCUT2D eigenvalue weighted by atomic mass is 10.1. The summed E-state index contributed by atoms with van der Waals surface area (Å²) in [5, 5.41) is 0.751. The van der Waals surface area contributed by atoms with Crippen LogP contribution in [0, 0.1) is 6.92 Å². The van der Waals surface area contributed by atoms with E-state index in [2.05, 4.69) is 4.98 Å². The Morgan fingerprint density at radius 1 is 1.25 bits per heavy atom. The molecule has 0 saturated carbocycles. The molecule has 0 unspecified atom stereocenters. The molecule has 0 bridgehead atoms. The first kappa shape index (κ1) is 16.5. The molecule has 6 heteroatoms. The molecule has 24 heavy (non-hydrogen) atoms. The van der Waals surface area contributed by atoms with Crippen LogP contribution < -0.4 is 16.0 Å². The van der Waals surface area contributed by atoms with Crippen molar-refractivity contribution in [3.8, 4) is 11.4 Å². The summed E-state index contributed by atoms with van der Waals surface area (Å²) in [6.45, 7) is 3.69. The highest BCUT2D eigenvalue weighted by Crippen LogP contribution is 2.27. The minimum absolute atomic E-state index is 0.241. The number of nitrogens with two attached hydrogens (primary N) is 1. The van der Waals surface area contributed by atoms with Crippen molar-refractivity contribution >= 4 is 22.5 Å². The maximum Gasteiger partial charge on any atom is 0.267 e. The molecule has 124 valence electrons. The summed E-state index contributed by atoms with van der Waals surface area (Å²) in [5.74, 6) is 1.17. The summed E-state index contributed by atoms with van der Waals surface area (Å²) in [6, 6.07) is 10.3. The fraction of sp³-hybridized carbons (Fsp3) is 0.222. The Morgan fingerprint density at radius 2 is 1.96 bits per heavy atom. The Kier molecular flexibility index (Phi) is 4.30. The molecule has 0 aliphatic carbocycles. The number of hydrogen-bond donors (Lipinski definition) is 1. The van der Waals surface area contributed by atoms with Crippen LogP contribution in [0.3, 0.4) is 0 Å². The SMILES string of the molecule is COc1cccc(-n2c([C@H](C)N)nc3cccc(Cl)c3c2=O)c1C. The van der Waals surface area contributed by atoms with E-state index in [1.807, 2.05) is 25.1 Å². The summed E-state index contributed by atoms with van der Waals surface area (Å²) in [4.78, 5) is 17.8. The zero-order valence-corrected chi connectivity index (χ0v) is 14.5. The van der Waals surface area contributed by atoms with Gasteiger partial charge < -0.3 is 10.5 Å². The van der Waals surface area contributed by atoms with Crippen molar-refractivity contribution in [2.75, 3.05) is 7.11 Å². The zero-order valence-electron chi connectivity index (χ0n) is 13.7. The summed E-state index contributed by atoms with van der Waals surface area (Å²) in [7, 11) is 1.59. The first-order chi connectivity index (χ1) is 11.5. The quantitative estimate of drug-likeness (QED) is 0.791. The van der Waals surface area contributed by atoms with Crippen molar-refractivity contribution in [2.24, 2.45) is 5.73 Å². The van der Waals surface area contributed by atoms with Gasteiger partial charge in [-0.1, -0.05) is 23.7 Å². The number of methoxy groups -OCH3 is 1. The molecule has 0 radical (unpaired) electrons. The molecule has 1 heterocycles. The van der Waals surface area contributed by atoms with Crippen molar-refractivity contribution in [3.05, 3.63) is 63.2 Å². The van der Waals surface area contributed by atoms with Gasteiger partial charge in [-0.2, -0.15) is 0 Å². The maximum atomic E-state index is 13.2. The van der Waals surface area contributed by atoms with E-state index in [4.69, 9.17) is 22.1 Å². The van der Waals surface area contributed by atoms with Crippen LogP contribution in [0.25, 0.3) is 16.6 Å². The Labute approximate surface area is 144 Å². The highest BCUT2D eigenvalue weighted by Gasteiger charge is 2.19. The molecule has 0 aliphatic rings. The van der Waals surface area contributed by atoms with Crippen molar-refractivity contribution in [3.63, 3.8) is 0 Å². The van der Waals surface area contributed by atoms with Crippen LogP contribution in [0.1, 0.15) is 24.4 Å². The third-order valence-corrected chi connectivity index (χ3v) is 4.31. The second-order valence-corrected chi connectivity index (χ2v) is 6.04. The Balaban J connectivity index is 2.47. The molecular formula is C18H18ClN3O2. The molecule has 0 aliphatic heterocycles. The second kappa shape index (κ2) is 6.26. The van der Waals surface area contributed by atoms with Gasteiger partial charge in [-0.25, -0.2) is 4.98 Å². The molecular weight excluding hydrogens is 326 g/mol. The summed E-state index contributed by atoms with van der Waals surface area (Å²) in [5.41, 5.74) is 7.89. The normalized spacial score (nSPS) is 12.4. The Morgan fingerprint density at radius 3 is 2.62 bits per heavy atom. The van der Waals surface area contributed by atoms with Crippen LogP contribution in [0.5, 0.6) is 5.75 Å². The van der Waals surface area contributed by atoms with Gasteiger partial charge in [0.25, 0.3) is 5.56 Å². The maximum absolute atomic E-state index is 13.2. The topological polar surface area (TPSA) is 70.1 Å². The Hall–Kier alpha value is -2.37. The van der Waals surface area contributed by atoms with Gasteiger partial charge in [0.1, 0.15) is 11.6 Å². The van der Waals surface area contributed by atoms with Gasteiger partial charge in [-0.15, -0.1) is 0 Å². The summed E-state index contributed by atoms with van der Waals surface area (Å²) < 4.78 is 6.89. The summed E-state index contributed by atoms with van der Waals surface area (Å²) in [6.07, 6.45) is 0. The van der Waals surface area contributed by atoms with Gasteiger partial charge in [0.05, 0.1) is 34.8 Å². The van der Waals surface area contributed by atoms with Gasteiger partial charge in [0.2, 0.25) is 0 Å². The molecule has 0 amide bonds. The smallest absolute Gasteiger partial charge is 0.267 e. The molecule has 0 spiro atoms. The van der Waals surface area contributed by atoms with Gasteiger partial charge >= 0.3 is 0 Å². The number of rotatable bonds is 3. The van der Waals surface area contributed by atoms with Crippen LogP contribution in [-0.4, -0.2) is 16.7 Å². The van der Waals surface area contributed by atoms with E-state index in [0.29, 0.717) is 33.2 Å². The molecule has 3 aromatic rings. The molecule has 1 atom stereocenters. The van der Waals surface area contributed by atoms with Crippen LogP contribution >= 0.6 is 11.6 Å². The average molecular weight is 344 g/mol. The van der Waals surface area contributed by atoms with E-state index in [0.717, 1.165) is 5.56 Å². The lowest BCUT2D eigenvalue weighted by Gasteiger charge is -2.19. The van der Waals surface area contributed by atoms with Crippen LogP contribution in [0.4, 0.5) is 0 Å². The number of hydrogen-bond acceptors (Lipinski definition) is 4. The predicted molar refractivity (Wildman–Crippen MR) is 96.2 cm³/mol. The van der Waals surface area contributed by atoms with Crippen molar-refractivity contribution in [1.29, 1.82) is 0 Å². The van der Waals surface area contributed by atoms with Crippen molar-refractivity contribution in [1.82, 2.24) is 9.55 Å². The number of fused-ring (bicyclic) bond motifs is 1. The van der Waals surface area contributed by atoms with E-state index in [1.165, 1.54) is 4.57 Å². The lowest BCUT2D eigenvalue weighted by molar-refractivity contribution is 0.411. The first-order valence-electron chi connectivity index (χ1n) is 7.56. The predicted octanol–water partition coefficient (Wildman–Crippen LogP) is 3.38. The number of halogens is 1. The van der Waals surface area contributed by atoms with E-state index >= 15 is 0 Å². The van der Waals surface area contributed by atoms with Gasteiger partial charge in [0, 0.05) is 5.56 Å². The summed E-state index contributed by atoms with van der Waals surface area (Å²) >= 11 is 6.24. The lowest BCUT2D eigenvalue weighted by Crippen LogP contribution is -2.28. The molecule has 2 N–H and O–H groups in total. The minimum Gasteiger partial charge on any atom is -0.496 e. The number of ether oxygens (including phenoxy) is 1. The molecule has 1 aromatic heterocycles. The molecule has 0 fully saturated rings. The van der Waals surface area contributed by atoms with Crippen molar-refractivity contribution in [2.45, 2.75) is 19.9 Å². The van der Waals surface area contributed by atoms with E-state index in [9.17, 15) is 4.79 Å². The monoisotopic (exact) mass is 343 g/mol. The van der Waals surface area contributed by atoms with E-state index in [-0.39, 0.29) is 5.56 Å². The first-order valence-corrected chi connectivity index (χ1v) is 7.94. The third kappa shape index (κ3) is 2.56. The highest BCUT2D eigenvalue weighted by molar-refractivity contribution is 6.35. The highest BCUT2D eigenvalue weighted by atomic mass is 35.5. The zero-order chi connectivity index (χ0) is 17.4. The van der Waals surface area contributed by atoms with Crippen molar-refractivity contribution < 1.29 is 4.74 Å².